The number of carbonyl (C=O) groups excluding carboxylic acids is 10. The number of hydrogen-bond acceptors (Lipinski definition) is 15. The molecule has 10 amide bonds. The topological polar surface area (TPSA) is 400 Å². The number of hydrogen-bond donors (Lipinski definition) is 12. The van der Waals surface area contributed by atoms with E-state index in [-0.39, 0.29) is 44.7 Å². The average Bonchev–Trinajstić information content (AvgIpc) is 4.13. The van der Waals surface area contributed by atoms with Gasteiger partial charge in [0.15, 0.2) is 0 Å². The Labute approximate surface area is 415 Å². The fraction of sp³-hybridized carbons (Fsp3) is 0.682. The number of aliphatic hydroxyl groups excluding tert-OH is 1. The molecule has 2 saturated heterocycles. The molecule has 3 rings (SSSR count). The van der Waals surface area contributed by atoms with Crippen LogP contribution in [0.2, 0.25) is 0 Å². The van der Waals surface area contributed by atoms with Gasteiger partial charge < -0.3 is 73.7 Å². The molecule has 0 saturated carbocycles. The number of likely N-dealkylation sites (tertiary alicyclic amines) is 2. The number of amides is 10. The number of aliphatic carboxylic acids is 1. The number of H-pyrrole nitrogens is 1. The molecule has 27 heteroatoms. The molecule has 0 bridgehead atoms. The summed E-state index contributed by atoms with van der Waals surface area (Å²) in [5.74, 6) is -9.45. The Morgan fingerprint density at radius 2 is 1.39 bits per heavy atom. The van der Waals surface area contributed by atoms with Gasteiger partial charge in [-0.3, -0.25) is 47.9 Å². The number of nitrogens with one attached hydrogen (secondary N) is 8. The minimum absolute atomic E-state index is 0.0376. The lowest BCUT2D eigenvalue weighted by Gasteiger charge is -2.30. The summed E-state index contributed by atoms with van der Waals surface area (Å²) < 4.78 is 0. The van der Waals surface area contributed by atoms with Crippen LogP contribution in [0.1, 0.15) is 85.3 Å². The molecule has 0 aromatic carbocycles. The summed E-state index contributed by atoms with van der Waals surface area (Å²) in [5, 5.41) is 37.1. The van der Waals surface area contributed by atoms with E-state index < -0.39 is 145 Å². The Kier molecular flexibility index (Phi) is 23.7. The van der Waals surface area contributed by atoms with Gasteiger partial charge in [0.25, 0.3) is 0 Å². The van der Waals surface area contributed by atoms with Gasteiger partial charge in [0.2, 0.25) is 59.1 Å². The molecular weight excluding hydrogens is 951 g/mol. The lowest BCUT2D eigenvalue weighted by Crippen LogP contribution is -2.61. The summed E-state index contributed by atoms with van der Waals surface area (Å²) in [7, 11) is 0. The van der Waals surface area contributed by atoms with Gasteiger partial charge in [-0.2, -0.15) is 11.8 Å². The van der Waals surface area contributed by atoms with E-state index in [1.165, 1.54) is 54.9 Å². The Hall–Kier alpha value is -6.35. The monoisotopic (exact) mass is 1020 g/mol. The molecule has 1 aromatic rings. The number of nitrogens with two attached hydrogens (primary N) is 2. The standard InChI is InChI=1S/C44H71N13O13S/c1-22(2)15-27(51-37(62)26(45)11-14-71-6)39(64)50-24(5)36(61)54-30(20-58)40(65)55-35(23(3)4)42(67)52-28(17-33(46)59)38(63)48-19-34(60)56-12-7-9-31(56)41(66)53-29(16-25-18-47-21-49-25)43(68)57-13-8-10-32(57)44(69)70/h18,21-24,26-32,35,58H,7-17,19-20,45H2,1-6H3,(H2,46,59)(H,47,49)(H,48,63)(H,50,64)(H,51,62)(H,52,67)(H,53,66)(H,54,61)(H,55,65)(H,69,70)/t24-,26-,27-,28-,29-,30-,31-,32-,35-/m0/s1. The number of rotatable bonds is 28. The molecule has 9 atom stereocenters. The average molecular weight is 1020 g/mol. The lowest BCUT2D eigenvalue weighted by molar-refractivity contribution is -0.149. The summed E-state index contributed by atoms with van der Waals surface area (Å²) in [5.41, 5.74) is 11.9. The molecule has 26 nitrogen and oxygen atoms in total. The van der Waals surface area contributed by atoms with E-state index in [2.05, 4.69) is 47.2 Å². The van der Waals surface area contributed by atoms with E-state index in [0.717, 1.165) is 0 Å². The third kappa shape index (κ3) is 18.1. The summed E-state index contributed by atoms with van der Waals surface area (Å²) in [6, 6.07) is -11.2. The van der Waals surface area contributed by atoms with Gasteiger partial charge in [-0.05, 0) is 69.3 Å². The Balaban J connectivity index is 1.63. The summed E-state index contributed by atoms with van der Waals surface area (Å²) in [6.07, 6.45) is 5.81. The molecule has 0 spiro atoms. The van der Waals surface area contributed by atoms with E-state index in [1.807, 2.05) is 20.1 Å². The quantitative estimate of drug-likeness (QED) is 0.0378. The second kappa shape index (κ2) is 28.5. The molecule has 2 aliphatic rings. The van der Waals surface area contributed by atoms with Gasteiger partial charge >= 0.3 is 5.97 Å². The summed E-state index contributed by atoms with van der Waals surface area (Å²) in [6.45, 7) is 6.71. The van der Waals surface area contributed by atoms with Gasteiger partial charge in [0, 0.05) is 31.4 Å². The first-order valence-corrected chi connectivity index (χ1v) is 24.9. The summed E-state index contributed by atoms with van der Waals surface area (Å²) in [4.78, 5) is 154. The molecule has 14 N–H and O–H groups in total. The number of aromatic amines is 1. The minimum atomic E-state index is -1.66. The molecule has 3 heterocycles. The Bertz CT molecular complexity index is 2060. The van der Waals surface area contributed by atoms with Crippen molar-refractivity contribution in [2.45, 2.75) is 140 Å². The van der Waals surface area contributed by atoms with Crippen LogP contribution in [0.15, 0.2) is 12.5 Å². The Morgan fingerprint density at radius 1 is 0.775 bits per heavy atom. The molecule has 0 aliphatic carbocycles. The van der Waals surface area contributed by atoms with Crippen molar-refractivity contribution in [1.82, 2.24) is 57.0 Å². The second-order valence-corrected chi connectivity index (χ2v) is 19.3. The van der Waals surface area contributed by atoms with Crippen LogP contribution >= 0.6 is 11.8 Å². The summed E-state index contributed by atoms with van der Waals surface area (Å²) >= 11 is 1.51. The number of carboxylic acid groups (broad SMARTS) is 1. The molecular formula is C44H71N13O13S. The van der Waals surface area contributed by atoms with Gasteiger partial charge in [-0.25, -0.2) is 9.78 Å². The number of carboxylic acids is 1. The predicted octanol–water partition coefficient (Wildman–Crippen LogP) is -4.29. The van der Waals surface area contributed by atoms with Crippen LogP contribution in [0.5, 0.6) is 0 Å². The maximum absolute atomic E-state index is 13.7. The second-order valence-electron chi connectivity index (χ2n) is 18.3. The number of primary amides is 1. The van der Waals surface area contributed by atoms with Crippen LogP contribution in [0.4, 0.5) is 0 Å². The van der Waals surface area contributed by atoms with Crippen molar-refractivity contribution in [3.8, 4) is 0 Å². The highest BCUT2D eigenvalue weighted by Gasteiger charge is 2.41. The van der Waals surface area contributed by atoms with Gasteiger partial charge in [-0.15, -0.1) is 0 Å². The minimum Gasteiger partial charge on any atom is -0.480 e. The first kappa shape index (κ1) is 59.0. The van der Waals surface area contributed by atoms with Crippen molar-refractivity contribution in [1.29, 1.82) is 0 Å². The van der Waals surface area contributed by atoms with E-state index >= 15 is 0 Å². The largest absolute Gasteiger partial charge is 0.480 e. The van der Waals surface area contributed by atoms with Crippen LogP contribution in [-0.4, -0.2) is 188 Å². The molecule has 1 aromatic heterocycles. The highest BCUT2D eigenvalue weighted by Crippen LogP contribution is 2.22. The molecule has 2 fully saturated rings. The molecule has 0 radical (unpaired) electrons. The number of imidazole rings is 1. The predicted molar refractivity (Wildman–Crippen MR) is 256 cm³/mol. The lowest BCUT2D eigenvalue weighted by atomic mass is 10.0. The zero-order valence-electron chi connectivity index (χ0n) is 41.0. The van der Waals surface area contributed by atoms with Gasteiger partial charge in [0.1, 0.15) is 48.3 Å². The molecule has 396 valence electrons. The van der Waals surface area contributed by atoms with Crippen LogP contribution in [0.3, 0.4) is 0 Å². The first-order chi connectivity index (χ1) is 33.5. The van der Waals surface area contributed by atoms with Crippen molar-refractivity contribution < 1.29 is 63.0 Å². The molecule has 71 heavy (non-hydrogen) atoms. The highest BCUT2D eigenvalue weighted by molar-refractivity contribution is 7.98. The SMILES string of the molecule is CSCC[C@H](N)C(=O)N[C@@H](CC(C)C)C(=O)N[C@@H](C)C(=O)N[C@@H](CO)C(=O)N[C@H](C(=O)N[C@@H](CC(N)=O)C(=O)NCC(=O)N1CCC[C@H]1C(=O)N[C@@H](Cc1cnc[nH]1)C(=O)N1CCC[C@H]1C(=O)O)C(C)C. The highest BCUT2D eigenvalue weighted by atomic mass is 32.2. The third-order valence-corrected chi connectivity index (χ3v) is 12.5. The Morgan fingerprint density at radius 3 is 1.97 bits per heavy atom. The van der Waals surface area contributed by atoms with Crippen molar-refractivity contribution in [3.63, 3.8) is 0 Å². The van der Waals surface area contributed by atoms with E-state index in [4.69, 9.17) is 11.5 Å². The van der Waals surface area contributed by atoms with Crippen LogP contribution < -0.4 is 48.7 Å². The number of aliphatic hydroxyl groups is 1. The normalized spacial score (nSPS) is 18.5. The maximum atomic E-state index is 13.7. The number of nitrogens with zero attached hydrogens (tertiary/aromatic N) is 3. The van der Waals surface area contributed by atoms with Crippen LogP contribution in [0.25, 0.3) is 0 Å². The first-order valence-electron chi connectivity index (χ1n) is 23.5. The fourth-order valence-electron chi connectivity index (χ4n) is 7.99. The molecule has 2 aliphatic heterocycles. The van der Waals surface area contributed by atoms with Crippen molar-refractivity contribution in [2.24, 2.45) is 23.3 Å². The van der Waals surface area contributed by atoms with E-state index in [0.29, 0.717) is 30.7 Å². The van der Waals surface area contributed by atoms with Crippen molar-refractivity contribution in [3.05, 3.63) is 18.2 Å². The maximum Gasteiger partial charge on any atom is 0.326 e. The smallest absolute Gasteiger partial charge is 0.326 e. The fourth-order valence-corrected chi connectivity index (χ4v) is 8.48. The number of aromatic nitrogens is 2. The van der Waals surface area contributed by atoms with Crippen LogP contribution in [0, 0.1) is 11.8 Å². The van der Waals surface area contributed by atoms with Gasteiger partial charge in [0.05, 0.1) is 31.9 Å². The third-order valence-electron chi connectivity index (χ3n) is 11.9. The van der Waals surface area contributed by atoms with E-state index in [9.17, 15) is 63.0 Å². The van der Waals surface area contributed by atoms with Crippen molar-refractivity contribution >= 4 is 76.8 Å². The van der Waals surface area contributed by atoms with E-state index in [1.54, 1.807) is 0 Å². The zero-order chi connectivity index (χ0) is 53.1. The number of carbonyl (C=O) groups is 11. The van der Waals surface area contributed by atoms with Gasteiger partial charge in [-0.1, -0.05) is 27.7 Å². The van der Waals surface area contributed by atoms with Crippen molar-refractivity contribution in [2.75, 3.05) is 38.2 Å². The number of thioether (sulfide) groups is 1. The van der Waals surface area contributed by atoms with Crippen LogP contribution in [-0.2, 0) is 59.2 Å². The zero-order valence-corrected chi connectivity index (χ0v) is 41.8. The molecule has 0 unspecified atom stereocenters.